The Morgan fingerprint density at radius 3 is 2.83 bits per heavy atom. The van der Waals surface area contributed by atoms with Crippen molar-refractivity contribution in [3.63, 3.8) is 0 Å². The summed E-state index contributed by atoms with van der Waals surface area (Å²) < 4.78 is 7.54. The summed E-state index contributed by atoms with van der Waals surface area (Å²) in [5, 5.41) is 9.83. The highest BCUT2D eigenvalue weighted by molar-refractivity contribution is 6.03. The number of fused-ring (bicyclic) bond motifs is 2. The van der Waals surface area contributed by atoms with Crippen LogP contribution in [0, 0.1) is 11.8 Å². The van der Waals surface area contributed by atoms with Crippen LogP contribution in [0.1, 0.15) is 24.1 Å². The molecule has 0 radical (unpaired) electrons. The molecule has 2 aromatic carbocycles. The van der Waals surface area contributed by atoms with E-state index in [4.69, 9.17) is 4.74 Å². The number of urea groups is 1. The van der Waals surface area contributed by atoms with Crippen LogP contribution in [-0.4, -0.2) is 45.2 Å². The summed E-state index contributed by atoms with van der Waals surface area (Å²) in [7, 11) is 0. The SMILES string of the molecule is O=C(Nc1cccc(C#Cc2cnc3cccnn23)c1)N[C@H]1COc2ccccc2N(C2CC2)C1=O. The molecule has 9 heteroatoms. The summed E-state index contributed by atoms with van der Waals surface area (Å²) in [5.41, 5.74) is 3.40. The molecule has 9 nitrogen and oxygen atoms in total. The first-order valence-electron chi connectivity index (χ1n) is 11.7. The first-order valence-corrected chi connectivity index (χ1v) is 11.7. The van der Waals surface area contributed by atoms with Crippen LogP contribution in [0.15, 0.2) is 73.1 Å². The molecule has 0 saturated heterocycles. The van der Waals surface area contributed by atoms with E-state index in [-0.39, 0.29) is 18.6 Å². The lowest BCUT2D eigenvalue weighted by Gasteiger charge is -2.24. The van der Waals surface area contributed by atoms with Crippen LogP contribution in [0.25, 0.3) is 5.65 Å². The quantitative estimate of drug-likeness (QED) is 0.441. The Morgan fingerprint density at radius 1 is 1.06 bits per heavy atom. The fourth-order valence-electron chi connectivity index (χ4n) is 4.17. The molecule has 0 spiro atoms. The van der Waals surface area contributed by atoms with Gasteiger partial charge in [-0.15, -0.1) is 0 Å². The van der Waals surface area contributed by atoms with E-state index in [0.717, 1.165) is 18.5 Å². The van der Waals surface area contributed by atoms with Gasteiger partial charge in [-0.05, 0) is 61.2 Å². The number of hydrogen-bond donors (Lipinski definition) is 2. The van der Waals surface area contributed by atoms with Crippen molar-refractivity contribution >= 4 is 29.0 Å². The smallest absolute Gasteiger partial charge is 0.320 e. The van der Waals surface area contributed by atoms with Crippen molar-refractivity contribution in [2.45, 2.75) is 24.9 Å². The van der Waals surface area contributed by atoms with Crippen LogP contribution < -0.4 is 20.3 Å². The Labute approximate surface area is 207 Å². The van der Waals surface area contributed by atoms with Crippen LogP contribution in [0.2, 0.25) is 0 Å². The largest absolute Gasteiger partial charge is 0.489 e. The summed E-state index contributed by atoms with van der Waals surface area (Å²) in [5.74, 6) is 6.63. The summed E-state index contributed by atoms with van der Waals surface area (Å²) in [4.78, 5) is 32.1. The molecule has 1 fully saturated rings. The molecule has 0 unspecified atom stereocenters. The highest BCUT2D eigenvalue weighted by Gasteiger charge is 2.40. The van der Waals surface area contributed by atoms with Gasteiger partial charge in [-0.25, -0.2) is 14.3 Å². The third-order valence-electron chi connectivity index (χ3n) is 6.02. The lowest BCUT2D eigenvalue weighted by molar-refractivity contribution is -0.120. The van der Waals surface area contributed by atoms with E-state index >= 15 is 0 Å². The second-order valence-corrected chi connectivity index (χ2v) is 8.64. The van der Waals surface area contributed by atoms with Crippen LogP contribution in [0.3, 0.4) is 0 Å². The maximum atomic E-state index is 13.3. The van der Waals surface area contributed by atoms with Gasteiger partial charge in [0.05, 0.1) is 11.9 Å². The van der Waals surface area contributed by atoms with Gasteiger partial charge in [0.1, 0.15) is 24.1 Å². The Bertz CT molecular complexity index is 1530. The van der Waals surface area contributed by atoms with E-state index in [0.29, 0.717) is 28.3 Å². The fourth-order valence-corrected chi connectivity index (χ4v) is 4.17. The third-order valence-corrected chi connectivity index (χ3v) is 6.02. The molecule has 3 amide bonds. The molecule has 1 atom stereocenters. The highest BCUT2D eigenvalue weighted by atomic mass is 16.5. The molecule has 0 bridgehead atoms. The zero-order chi connectivity index (χ0) is 24.5. The molecule has 1 saturated carbocycles. The van der Waals surface area contributed by atoms with Crippen molar-refractivity contribution < 1.29 is 14.3 Å². The van der Waals surface area contributed by atoms with Crippen molar-refractivity contribution in [3.8, 4) is 17.6 Å². The van der Waals surface area contributed by atoms with Gasteiger partial charge >= 0.3 is 6.03 Å². The van der Waals surface area contributed by atoms with Gasteiger partial charge in [0, 0.05) is 23.5 Å². The minimum atomic E-state index is -0.802. The topological polar surface area (TPSA) is 101 Å². The standard InChI is InChI=1S/C27H22N6O3/c34-26-22(17-36-24-8-2-1-7-23(24)32(26)20-12-13-20)31-27(35)30-19-6-3-5-18(15-19)10-11-21-16-28-25-9-4-14-29-33(21)25/h1-9,14-16,20,22H,12-13,17H2,(H2,30,31,35)/t22-/m0/s1. The number of imidazole rings is 1. The Balaban J connectivity index is 1.15. The van der Waals surface area contributed by atoms with Crippen molar-refractivity contribution in [1.82, 2.24) is 19.9 Å². The van der Waals surface area contributed by atoms with Crippen molar-refractivity contribution in [3.05, 3.63) is 84.3 Å². The van der Waals surface area contributed by atoms with Gasteiger partial charge in [-0.3, -0.25) is 4.79 Å². The first-order chi connectivity index (χ1) is 17.7. The molecular formula is C27H22N6O3. The van der Waals surface area contributed by atoms with E-state index in [1.807, 2.05) is 42.5 Å². The van der Waals surface area contributed by atoms with Gasteiger partial charge < -0.3 is 20.3 Å². The van der Waals surface area contributed by atoms with Crippen LogP contribution in [-0.2, 0) is 4.79 Å². The molecule has 4 aromatic rings. The first kappa shape index (κ1) is 21.7. The molecule has 1 aliphatic heterocycles. The lowest BCUT2D eigenvalue weighted by atomic mass is 10.2. The summed E-state index contributed by atoms with van der Waals surface area (Å²) in [6.07, 6.45) is 5.23. The summed E-state index contributed by atoms with van der Waals surface area (Å²) >= 11 is 0. The maximum Gasteiger partial charge on any atom is 0.320 e. The Morgan fingerprint density at radius 2 is 1.94 bits per heavy atom. The summed E-state index contributed by atoms with van der Waals surface area (Å²) in [6.45, 7) is 0.0609. The van der Waals surface area contributed by atoms with Gasteiger partial charge in [0.2, 0.25) is 0 Å². The number of para-hydroxylation sites is 2. The second kappa shape index (κ2) is 9.07. The molecule has 6 rings (SSSR count). The van der Waals surface area contributed by atoms with Gasteiger partial charge in [0.25, 0.3) is 5.91 Å². The molecule has 2 aromatic heterocycles. The van der Waals surface area contributed by atoms with Crippen molar-refractivity contribution in [2.75, 3.05) is 16.8 Å². The van der Waals surface area contributed by atoms with E-state index in [9.17, 15) is 9.59 Å². The van der Waals surface area contributed by atoms with Gasteiger partial charge in [-0.1, -0.05) is 24.1 Å². The molecular weight excluding hydrogens is 456 g/mol. The predicted molar refractivity (Wildman–Crippen MR) is 134 cm³/mol. The average molecular weight is 479 g/mol. The molecule has 2 aliphatic rings. The molecule has 3 heterocycles. The van der Waals surface area contributed by atoms with Crippen molar-refractivity contribution in [1.29, 1.82) is 0 Å². The Hall–Kier alpha value is -4.84. The number of aromatic nitrogens is 3. The highest BCUT2D eigenvalue weighted by Crippen LogP contribution is 2.39. The number of benzene rings is 2. The van der Waals surface area contributed by atoms with Gasteiger partial charge in [0.15, 0.2) is 5.65 Å². The fraction of sp³-hybridized carbons (Fsp3) is 0.185. The monoisotopic (exact) mass is 478 g/mol. The number of anilines is 2. The average Bonchev–Trinajstić information content (AvgIpc) is 3.66. The number of hydrogen-bond acceptors (Lipinski definition) is 5. The van der Waals surface area contributed by atoms with E-state index in [1.54, 1.807) is 40.0 Å². The van der Waals surface area contributed by atoms with Gasteiger partial charge in [-0.2, -0.15) is 5.10 Å². The minimum absolute atomic E-state index is 0.0609. The molecule has 36 heavy (non-hydrogen) atoms. The predicted octanol–water partition coefficient (Wildman–Crippen LogP) is 3.21. The number of ether oxygens (including phenoxy) is 1. The molecule has 1 aliphatic carbocycles. The number of nitrogens with one attached hydrogen (secondary N) is 2. The zero-order valence-corrected chi connectivity index (χ0v) is 19.2. The van der Waals surface area contributed by atoms with Crippen LogP contribution >= 0.6 is 0 Å². The lowest BCUT2D eigenvalue weighted by Crippen LogP contribution is -2.52. The van der Waals surface area contributed by atoms with Crippen LogP contribution in [0.5, 0.6) is 5.75 Å². The Kier molecular flexibility index (Phi) is 5.46. The number of carbonyl (C=O) groups excluding carboxylic acids is 2. The number of carbonyl (C=O) groups is 2. The third kappa shape index (κ3) is 4.32. The minimum Gasteiger partial charge on any atom is -0.489 e. The van der Waals surface area contributed by atoms with E-state index in [2.05, 4.69) is 32.6 Å². The number of amides is 3. The van der Waals surface area contributed by atoms with Crippen molar-refractivity contribution in [2.24, 2.45) is 0 Å². The molecule has 2 N–H and O–H groups in total. The van der Waals surface area contributed by atoms with E-state index < -0.39 is 12.1 Å². The van der Waals surface area contributed by atoms with Crippen LogP contribution in [0.4, 0.5) is 16.2 Å². The number of nitrogens with zero attached hydrogens (tertiary/aromatic N) is 4. The van der Waals surface area contributed by atoms with E-state index in [1.165, 1.54) is 0 Å². The maximum absolute atomic E-state index is 13.3. The zero-order valence-electron chi connectivity index (χ0n) is 19.2. The number of rotatable bonds is 3. The second-order valence-electron chi connectivity index (χ2n) is 8.64. The normalized spacial score (nSPS) is 16.8. The summed E-state index contributed by atoms with van der Waals surface area (Å²) in [6, 6.07) is 17.2. The molecule has 178 valence electrons.